The quantitative estimate of drug-likeness (QED) is 0.0546. The molecule has 9 amide bonds. The molecule has 1 fully saturated rings. The van der Waals surface area contributed by atoms with Gasteiger partial charge >= 0.3 is 0 Å². The number of hydrogen-bond acceptors (Lipinski definition) is 11. The molecule has 3 unspecified atom stereocenters. The number of aromatic amines is 1. The Morgan fingerprint density at radius 3 is 2.11 bits per heavy atom. The highest BCUT2D eigenvalue weighted by atomic mass is 16.2. The first kappa shape index (κ1) is 48.3. The molecule has 2 aromatic rings. The molecule has 0 bridgehead atoms. The largest absolute Gasteiger partial charge is 0.370 e. The van der Waals surface area contributed by atoms with Crippen molar-refractivity contribution in [2.75, 3.05) is 19.6 Å². The number of guanidine groups is 1. The van der Waals surface area contributed by atoms with Crippen LogP contribution in [0.15, 0.2) is 47.8 Å². The van der Waals surface area contributed by atoms with Crippen LogP contribution in [0, 0.1) is 0 Å². The van der Waals surface area contributed by atoms with Gasteiger partial charge in [-0.2, -0.15) is 0 Å². The number of hydrogen-bond donors (Lipinski definition) is 12. The lowest BCUT2D eigenvalue weighted by atomic mass is 10.0. The molecule has 1 saturated heterocycles. The van der Waals surface area contributed by atoms with Crippen molar-refractivity contribution in [3.63, 3.8) is 0 Å². The molecule has 1 aliphatic rings. The fraction of sp³-hybridized carbons (Fsp3) is 0.500. The first-order chi connectivity index (χ1) is 29.0. The second kappa shape index (κ2) is 24.8. The Kier molecular flexibility index (Phi) is 19.6. The maximum Gasteiger partial charge on any atom is 0.243 e. The van der Waals surface area contributed by atoms with Crippen molar-refractivity contribution >= 4 is 59.1 Å². The minimum atomic E-state index is -1.45. The maximum absolute atomic E-state index is 14.2. The van der Waals surface area contributed by atoms with Gasteiger partial charge in [0.1, 0.15) is 36.3 Å². The first-order valence-electron chi connectivity index (χ1n) is 19.7. The molecule has 0 radical (unpaired) electrons. The molecular weight excluding hydrogens is 797 g/mol. The average Bonchev–Trinajstić information content (AvgIpc) is 3.72. The summed E-state index contributed by atoms with van der Waals surface area (Å²) in [6, 6.07) is 0.729. The second-order valence-electron chi connectivity index (χ2n) is 14.4. The van der Waals surface area contributed by atoms with Gasteiger partial charge in [0.2, 0.25) is 53.2 Å². The minimum Gasteiger partial charge on any atom is -0.370 e. The topological polar surface area (TPSA) is 369 Å². The number of carbonyl (C=O) groups is 9. The van der Waals surface area contributed by atoms with Crippen molar-refractivity contribution in [2.24, 2.45) is 22.2 Å². The van der Waals surface area contributed by atoms with Gasteiger partial charge in [0.15, 0.2) is 5.96 Å². The molecule has 1 aliphatic heterocycles. The second-order valence-corrected chi connectivity index (χ2v) is 14.4. The molecule has 0 spiro atoms. The summed E-state index contributed by atoms with van der Waals surface area (Å²) in [5.41, 5.74) is 17.5. The van der Waals surface area contributed by atoms with Crippen LogP contribution in [0.3, 0.4) is 0 Å². The first-order valence-corrected chi connectivity index (χ1v) is 19.7. The molecule has 0 aliphatic carbocycles. The molecule has 6 atom stereocenters. The van der Waals surface area contributed by atoms with E-state index in [4.69, 9.17) is 17.2 Å². The van der Waals surface area contributed by atoms with Gasteiger partial charge in [0.05, 0.1) is 19.3 Å². The normalized spacial score (nSPS) is 22.7. The Morgan fingerprint density at radius 2 is 1.48 bits per heavy atom. The number of nitrogens with two attached hydrogens (primary N) is 3. The molecule has 3 rings (SSSR count). The summed E-state index contributed by atoms with van der Waals surface area (Å²) in [5, 5.41) is 20.5. The number of carbonyl (C=O) groups excluding carboxylic acids is 9. The van der Waals surface area contributed by atoms with Gasteiger partial charge in [-0.3, -0.25) is 48.1 Å². The molecule has 0 saturated carbocycles. The summed E-state index contributed by atoms with van der Waals surface area (Å²) in [7, 11) is 0. The molecular formula is C38H56N14O9. The van der Waals surface area contributed by atoms with Crippen molar-refractivity contribution < 1.29 is 43.2 Å². The molecule has 332 valence electrons. The number of amides is 9. The van der Waals surface area contributed by atoms with Crippen molar-refractivity contribution in [3.05, 3.63) is 54.1 Å². The molecule has 15 N–H and O–H groups in total. The number of nitrogens with one attached hydrogen (secondary N) is 9. The molecule has 1 aromatic heterocycles. The van der Waals surface area contributed by atoms with E-state index in [1.54, 1.807) is 30.3 Å². The summed E-state index contributed by atoms with van der Waals surface area (Å²) in [6.45, 7) is 2.25. The average molecular weight is 853 g/mol. The zero-order valence-electron chi connectivity index (χ0n) is 34.1. The van der Waals surface area contributed by atoms with Gasteiger partial charge in [-0.25, -0.2) is 4.98 Å². The number of primary amides is 1. The minimum absolute atomic E-state index is 0.0222. The van der Waals surface area contributed by atoms with E-state index in [0.717, 1.165) is 0 Å². The predicted molar refractivity (Wildman–Crippen MR) is 219 cm³/mol. The third-order valence-corrected chi connectivity index (χ3v) is 9.30. The summed E-state index contributed by atoms with van der Waals surface area (Å²) in [4.78, 5) is 129. The van der Waals surface area contributed by atoms with Crippen molar-refractivity contribution in [2.45, 2.75) is 101 Å². The zero-order valence-corrected chi connectivity index (χ0v) is 34.1. The number of benzene rings is 1. The summed E-state index contributed by atoms with van der Waals surface area (Å²) < 4.78 is 0. The van der Waals surface area contributed by atoms with E-state index in [9.17, 15) is 43.2 Å². The smallest absolute Gasteiger partial charge is 0.243 e. The van der Waals surface area contributed by atoms with E-state index < -0.39 is 102 Å². The summed E-state index contributed by atoms with van der Waals surface area (Å²) in [5.74, 6) is -7.06. The number of H-pyrrole nitrogens is 1. The number of nitrogens with zero attached hydrogens (tertiary/aromatic N) is 2. The Bertz CT molecular complexity index is 1870. The van der Waals surface area contributed by atoms with E-state index in [1.807, 2.05) is 0 Å². The van der Waals surface area contributed by atoms with Gasteiger partial charge in [0.25, 0.3) is 0 Å². The molecule has 23 nitrogen and oxygen atoms in total. The van der Waals surface area contributed by atoms with E-state index in [2.05, 4.69) is 57.5 Å². The molecule has 2 heterocycles. The standard InChI is InChI=1S/C38H56N14O9/c1-21-33(57)50-27(32(39)56)17-30(54)43-13-7-6-11-25(48-31(55)19-45-22(2)53)35(59)52-29(16-24-18-42-20-46-24)37(61)51-28(15-23-9-4-3-5-10-23)36(60)49-26(34(58)47-21)12-8-14-44-38(40)41/h3-5,9-10,18,20-21,25-29H,6-8,11-17,19H2,1-2H3,(H2,39,56)(H,42,46)(H,43,54)(H,45,53)(H,47,58)(H,48,55)(H,49,60)(H,50,57)(H,51,61)(H,52,59)(H4,40,41,44)/t21-,25?,26-,27?,28?,29-/m0/s1. The van der Waals surface area contributed by atoms with Crippen LogP contribution in [-0.4, -0.2) is 125 Å². The van der Waals surface area contributed by atoms with Gasteiger partial charge in [-0.1, -0.05) is 30.3 Å². The highest BCUT2D eigenvalue weighted by molar-refractivity contribution is 5.98. The SMILES string of the molecule is CC(=O)NCC(=O)NC1CCCCNC(=O)CC(C(N)=O)NC(=O)[C@H](C)NC(=O)[C@H](CCCN=C(N)N)NC(=O)C(Cc2ccccc2)NC(=O)[C@H](Cc2cnc[nH]2)NC1=O. The van der Waals surface area contributed by atoms with Crippen LogP contribution < -0.4 is 59.7 Å². The lowest BCUT2D eigenvalue weighted by Gasteiger charge is -2.27. The van der Waals surface area contributed by atoms with Crippen LogP contribution in [0.5, 0.6) is 0 Å². The van der Waals surface area contributed by atoms with Crippen LogP contribution in [0.2, 0.25) is 0 Å². The van der Waals surface area contributed by atoms with E-state index in [0.29, 0.717) is 11.3 Å². The summed E-state index contributed by atoms with van der Waals surface area (Å²) >= 11 is 0. The third-order valence-electron chi connectivity index (χ3n) is 9.30. The number of aliphatic imine (C=N–C) groups is 1. The van der Waals surface area contributed by atoms with E-state index in [1.165, 1.54) is 26.4 Å². The van der Waals surface area contributed by atoms with Crippen LogP contribution in [-0.2, 0) is 56.0 Å². The Balaban J connectivity index is 2.04. The van der Waals surface area contributed by atoms with Gasteiger partial charge < -0.3 is 64.7 Å². The predicted octanol–water partition coefficient (Wildman–Crippen LogP) is -4.51. The number of imidazole rings is 1. The number of rotatable bonds is 12. The highest BCUT2D eigenvalue weighted by Crippen LogP contribution is 2.10. The van der Waals surface area contributed by atoms with Gasteiger partial charge in [-0.15, -0.1) is 0 Å². The van der Waals surface area contributed by atoms with Crippen LogP contribution >= 0.6 is 0 Å². The van der Waals surface area contributed by atoms with Crippen LogP contribution in [0.25, 0.3) is 0 Å². The molecule has 61 heavy (non-hydrogen) atoms. The fourth-order valence-corrected chi connectivity index (χ4v) is 6.05. The maximum atomic E-state index is 14.2. The Morgan fingerprint density at radius 1 is 0.820 bits per heavy atom. The lowest BCUT2D eigenvalue weighted by molar-refractivity contribution is -0.135. The molecule has 1 aromatic carbocycles. The Labute approximate surface area is 351 Å². The van der Waals surface area contributed by atoms with Gasteiger partial charge in [0, 0.05) is 44.7 Å². The highest BCUT2D eigenvalue weighted by Gasteiger charge is 2.33. The molecule has 23 heteroatoms. The van der Waals surface area contributed by atoms with E-state index in [-0.39, 0.29) is 64.0 Å². The third kappa shape index (κ3) is 17.8. The van der Waals surface area contributed by atoms with Crippen molar-refractivity contribution in [1.29, 1.82) is 0 Å². The van der Waals surface area contributed by atoms with Crippen molar-refractivity contribution in [1.82, 2.24) is 52.5 Å². The fourth-order valence-electron chi connectivity index (χ4n) is 6.05. The van der Waals surface area contributed by atoms with Crippen LogP contribution in [0.4, 0.5) is 0 Å². The zero-order chi connectivity index (χ0) is 44.9. The Hall–Kier alpha value is -7.07. The van der Waals surface area contributed by atoms with E-state index >= 15 is 0 Å². The number of aromatic nitrogens is 2. The van der Waals surface area contributed by atoms with Gasteiger partial charge in [-0.05, 0) is 44.6 Å². The van der Waals surface area contributed by atoms with Crippen molar-refractivity contribution in [3.8, 4) is 0 Å². The summed E-state index contributed by atoms with van der Waals surface area (Å²) in [6.07, 6.45) is 2.82. The monoisotopic (exact) mass is 852 g/mol. The van der Waals surface area contributed by atoms with Crippen LogP contribution in [0.1, 0.15) is 63.6 Å². The lowest BCUT2D eigenvalue weighted by Crippen LogP contribution is -2.60.